The highest BCUT2D eigenvalue weighted by Crippen LogP contribution is 2.53. The molecule has 0 saturated heterocycles. The molecule has 1 aromatic rings. The van der Waals surface area contributed by atoms with Crippen LogP contribution < -0.4 is 0 Å². The van der Waals surface area contributed by atoms with Crippen molar-refractivity contribution in [3.63, 3.8) is 0 Å². The molecule has 0 bridgehead atoms. The van der Waals surface area contributed by atoms with Gasteiger partial charge < -0.3 is 0 Å². The summed E-state index contributed by atoms with van der Waals surface area (Å²) in [5, 5.41) is 0. The van der Waals surface area contributed by atoms with Crippen LogP contribution in [0.3, 0.4) is 0 Å². The van der Waals surface area contributed by atoms with Gasteiger partial charge in [-0.1, -0.05) is 134 Å². The molecule has 0 N–H and O–H groups in total. The normalized spacial score (nSPS) is 32.6. The Morgan fingerprint density at radius 1 is 0.609 bits per heavy atom. The standard InChI is InChI=1S/C46H40/c1-3-13-39-35(9-1)37-11-5-7-15-41(37)45-27-33(21-23-43(39)45)31-19-17-30-26-32(20-18-29(30)25-31)34-22-24-44-40-14-4-2-10-36(40)38-12-6-8-16-42(38)46(44)28-34/h1-2,5-12,15-25,28,30,37-38,41-42,45H,3-4,13-14,26-27H2. The first kappa shape index (κ1) is 26.8. The first-order valence-corrected chi connectivity index (χ1v) is 17.7. The maximum atomic E-state index is 2.53. The first-order valence-electron chi connectivity index (χ1n) is 17.7. The van der Waals surface area contributed by atoms with Gasteiger partial charge in [0, 0.05) is 23.7 Å². The third-order valence-corrected chi connectivity index (χ3v) is 12.2. The summed E-state index contributed by atoms with van der Waals surface area (Å²) in [5.41, 5.74) is 18.2. The molecule has 0 aromatic heterocycles. The highest BCUT2D eigenvalue weighted by Gasteiger charge is 2.40. The van der Waals surface area contributed by atoms with Crippen LogP contribution >= 0.6 is 0 Å². The quantitative estimate of drug-likeness (QED) is 0.320. The van der Waals surface area contributed by atoms with Crippen LogP contribution in [-0.4, -0.2) is 0 Å². The maximum Gasteiger partial charge on any atom is 0.0131 e. The van der Waals surface area contributed by atoms with Crippen LogP contribution in [0.4, 0.5) is 0 Å². The molecule has 0 nitrogen and oxygen atoms in total. The Morgan fingerprint density at radius 2 is 1.37 bits per heavy atom. The van der Waals surface area contributed by atoms with Crippen LogP contribution in [0, 0.1) is 29.6 Å². The monoisotopic (exact) mass is 592 g/mol. The molecule has 9 aliphatic carbocycles. The second-order valence-corrected chi connectivity index (χ2v) is 14.5. The third-order valence-electron chi connectivity index (χ3n) is 12.2. The smallest absolute Gasteiger partial charge is 0.0131 e. The minimum absolute atomic E-state index is 0.437. The number of hydrogen-bond acceptors (Lipinski definition) is 0. The Kier molecular flexibility index (Phi) is 6.15. The van der Waals surface area contributed by atoms with E-state index in [1.165, 1.54) is 51.8 Å². The van der Waals surface area contributed by atoms with Crippen LogP contribution in [0.25, 0.3) is 11.1 Å². The molecular weight excluding hydrogens is 553 g/mol. The Balaban J connectivity index is 0.957. The fourth-order valence-corrected chi connectivity index (χ4v) is 9.98. The largest absolute Gasteiger partial charge is 0.0839 e. The Morgan fingerprint density at radius 3 is 2.26 bits per heavy atom. The molecule has 6 atom stereocenters. The second kappa shape index (κ2) is 10.6. The summed E-state index contributed by atoms with van der Waals surface area (Å²) in [6.45, 7) is 0. The molecule has 0 spiro atoms. The van der Waals surface area contributed by atoms with E-state index in [4.69, 9.17) is 0 Å². The zero-order valence-corrected chi connectivity index (χ0v) is 26.4. The molecule has 0 saturated carbocycles. The summed E-state index contributed by atoms with van der Waals surface area (Å²) in [7, 11) is 0. The fourth-order valence-electron chi connectivity index (χ4n) is 9.98. The SMILES string of the molecule is C1=CC2C3=C(CCC=C3)c3ccc(C4=CC=C5C=C(C6=CC=C7C8=C(C=CCC8)C8C=CC=CC8C7C6)C=CC5C4)cc3C2C=C1. The number of hydrogen-bond donors (Lipinski definition) is 0. The Hall–Kier alpha value is -4.42. The van der Waals surface area contributed by atoms with Gasteiger partial charge in [0.15, 0.2) is 0 Å². The summed E-state index contributed by atoms with van der Waals surface area (Å²) in [4.78, 5) is 0. The number of fused-ring (bicyclic) bond motifs is 11. The van der Waals surface area contributed by atoms with Crippen molar-refractivity contribution in [3.8, 4) is 0 Å². The summed E-state index contributed by atoms with van der Waals surface area (Å²) in [6, 6.07) is 7.36. The molecule has 0 amide bonds. The predicted octanol–water partition coefficient (Wildman–Crippen LogP) is 11.3. The number of benzene rings is 1. The van der Waals surface area contributed by atoms with Crippen LogP contribution in [0.2, 0.25) is 0 Å². The van der Waals surface area contributed by atoms with Gasteiger partial charge in [-0.25, -0.2) is 0 Å². The van der Waals surface area contributed by atoms with E-state index in [9.17, 15) is 0 Å². The average Bonchev–Trinajstić information content (AvgIpc) is 3.14. The molecule has 6 unspecified atom stereocenters. The highest BCUT2D eigenvalue weighted by atomic mass is 14.4. The van der Waals surface area contributed by atoms with Crippen molar-refractivity contribution in [2.45, 2.75) is 44.4 Å². The highest BCUT2D eigenvalue weighted by molar-refractivity contribution is 5.81. The van der Waals surface area contributed by atoms with Crippen LogP contribution in [-0.2, 0) is 0 Å². The molecule has 10 rings (SSSR count). The van der Waals surface area contributed by atoms with E-state index >= 15 is 0 Å². The van der Waals surface area contributed by atoms with Gasteiger partial charge in [-0.2, -0.15) is 0 Å². The van der Waals surface area contributed by atoms with Crippen molar-refractivity contribution in [3.05, 3.63) is 189 Å². The molecule has 9 aliphatic rings. The summed E-state index contributed by atoms with van der Waals surface area (Å²) in [6.07, 6.45) is 52.4. The van der Waals surface area contributed by atoms with Gasteiger partial charge in [0.25, 0.3) is 0 Å². The maximum absolute atomic E-state index is 2.53. The molecule has 0 aliphatic heterocycles. The molecular formula is C46H40. The topological polar surface area (TPSA) is 0 Å². The number of rotatable bonds is 2. The zero-order valence-electron chi connectivity index (χ0n) is 26.4. The first-order chi connectivity index (χ1) is 22.8. The van der Waals surface area contributed by atoms with Gasteiger partial charge in [-0.15, -0.1) is 0 Å². The minimum atomic E-state index is 0.437. The van der Waals surface area contributed by atoms with E-state index in [0.717, 1.165) is 25.7 Å². The van der Waals surface area contributed by atoms with Crippen LogP contribution in [0.5, 0.6) is 0 Å². The van der Waals surface area contributed by atoms with E-state index in [-0.39, 0.29) is 0 Å². The lowest BCUT2D eigenvalue weighted by atomic mass is 9.60. The molecule has 0 heteroatoms. The van der Waals surface area contributed by atoms with Crippen molar-refractivity contribution < 1.29 is 0 Å². The van der Waals surface area contributed by atoms with Gasteiger partial charge in [-0.05, 0) is 117 Å². The van der Waals surface area contributed by atoms with Gasteiger partial charge in [0.05, 0.1) is 0 Å². The van der Waals surface area contributed by atoms with Gasteiger partial charge in [0.2, 0.25) is 0 Å². The lowest BCUT2D eigenvalue weighted by molar-refractivity contribution is 0.366. The minimum Gasteiger partial charge on any atom is -0.0839 e. The predicted molar refractivity (Wildman–Crippen MR) is 193 cm³/mol. The van der Waals surface area contributed by atoms with Crippen molar-refractivity contribution in [1.82, 2.24) is 0 Å². The fraction of sp³-hybridized carbons (Fsp3) is 0.261. The second-order valence-electron chi connectivity index (χ2n) is 14.5. The van der Waals surface area contributed by atoms with Gasteiger partial charge in [-0.3, -0.25) is 0 Å². The molecule has 0 heterocycles. The van der Waals surface area contributed by atoms with Crippen molar-refractivity contribution in [2.75, 3.05) is 0 Å². The van der Waals surface area contributed by atoms with Gasteiger partial charge >= 0.3 is 0 Å². The molecule has 0 fully saturated rings. The third kappa shape index (κ3) is 4.12. The molecule has 46 heavy (non-hydrogen) atoms. The Labute approximate surface area is 273 Å². The summed E-state index contributed by atoms with van der Waals surface area (Å²) < 4.78 is 0. The van der Waals surface area contributed by atoms with Crippen LogP contribution in [0.15, 0.2) is 173 Å². The van der Waals surface area contributed by atoms with Crippen molar-refractivity contribution >= 4 is 11.1 Å². The average molecular weight is 593 g/mol. The summed E-state index contributed by atoms with van der Waals surface area (Å²) >= 11 is 0. The van der Waals surface area contributed by atoms with E-state index in [1.54, 1.807) is 27.9 Å². The van der Waals surface area contributed by atoms with E-state index in [2.05, 4.69) is 134 Å². The van der Waals surface area contributed by atoms with E-state index in [0.29, 0.717) is 35.5 Å². The molecule has 224 valence electrons. The van der Waals surface area contributed by atoms with Gasteiger partial charge in [0.1, 0.15) is 0 Å². The summed E-state index contributed by atoms with van der Waals surface area (Å²) in [5.74, 6) is 3.02. The zero-order chi connectivity index (χ0) is 30.2. The molecule has 1 aromatic carbocycles. The molecule has 0 radical (unpaired) electrons. The lowest BCUT2D eigenvalue weighted by Crippen LogP contribution is -2.33. The van der Waals surface area contributed by atoms with Crippen LogP contribution in [0.1, 0.15) is 61.1 Å². The van der Waals surface area contributed by atoms with E-state index < -0.39 is 0 Å². The van der Waals surface area contributed by atoms with Crippen molar-refractivity contribution in [2.24, 2.45) is 29.6 Å². The van der Waals surface area contributed by atoms with E-state index in [1.807, 2.05) is 0 Å². The Bertz CT molecular complexity index is 2000. The number of allylic oxidation sites excluding steroid dienone is 28. The lowest BCUT2D eigenvalue weighted by Gasteiger charge is -2.43. The van der Waals surface area contributed by atoms with Crippen molar-refractivity contribution in [1.29, 1.82) is 0 Å².